The number of hydrogen-bond donors (Lipinski definition) is 1. The number of aryl methyl sites for hydroxylation is 1. The molecule has 5 heteroatoms. The first-order valence-electron chi connectivity index (χ1n) is 8.73. The molecule has 2 aromatic carbocycles. The Kier molecular flexibility index (Phi) is 5.07. The van der Waals surface area contributed by atoms with Crippen molar-refractivity contribution < 1.29 is 19.0 Å². The van der Waals surface area contributed by atoms with Crippen LogP contribution < -0.4 is 19.5 Å². The molecular formula is C21H25NO4. The normalized spacial score (nSPS) is 17.6. The van der Waals surface area contributed by atoms with E-state index in [-0.39, 0.29) is 24.2 Å². The van der Waals surface area contributed by atoms with E-state index in [1.807, 2.05) is 63.2 Å². The van der Waals surface area contributed by atoms with Gasteiger partial charge in [0, 0.05) is 12.0 Å². The molecule has 1 N–H and O–H groups in total. The Balaban J connectivity index is 1.72. The molecule has 0 aliphatic carbocycles. The summed E-state index contributed by atoms with van der Waals surface area (Å²) >= 11 is 0. The van der Waals surface area contributed by atoms with Crippen LogP contribution in [0.2, 0.25) is 0 Å². The lowest BCUT2D eigenvalue weighted by molar-refractivity contribution is -0.124. The zero-order valence-corrected chi connectivity index (χ0v) is 15.7. The van der Waals surface area contributed by atoms with Crippen molar-refractivity contribution >= 4 is 5.91 Å². The monoisotopic (exact) mass is 355 g/mol. The van der Waals surface area contributed by atoms with Gasteiger partial charge in [-0.05, 0) is 50.6 Å². The van der Waals surface area contributed by atoms with Crippen molar-refractivity contribution in [3.8, 4) is 17.2 Å². The maximum atomic E-state index is 12.5. The van der Waals surface area contributed by atoms with Crippen LogP contribution in [-0.2, 0) is 4.79 Å². The Bertz CT molecular complexity index is 800. The Hall–Kier alpha value is -2.69. The molecule has 0 bridgehead atoms. The standard InChI is InChI=1S/C21H25NO4/c1-14-7-5-6-8-18(14)25-13-20(23)22-17-12-21(2,3)26-19-10-9-15(24-4)11-16(17)19/h5-11,17H,12-13H2,1-4H3,(H,22,23). The zero-order valence-electron chi connectivity index (χ0n) is 15.7. The average Bonchev–Trinajstić information content (AvgIpc) is 2.60. The second-order valence-corrected chi connectivity index (χ2v) is 7.14. The summed E-state index contributed by atoms with van der Waals surface area (Å²) in [5, 5.41) is 3.07. The van der Waals surface area contributed by atoms with Crippen LogP contribution in [0, 0.1) is 6.92 Å². The molecule has 0 spiro atoms. The number of carbonyl (C=O) groups excluding carboxylic acids is 1. The predicted molar refractivity (Wildman–Crippen MR) is 99.9 cm³/mol. The van der Waals surface area contributed by atoms with Crippen molar-refractivity contribution in [1.29, 1.82) is 0 Å². The molecule has 0 aromatic heterocycles. The molecule has 0 saturated heterocycles. The van der Waals surface area contributed by atoms with Gasteiger partial charge in [0.1, 0.15) is 22.8 Å². The number of hydrogen-bond acceptors (Lipinski definition) is 4. The van der Waals surface area contributed by atoms with Gasteiger partial charge in [0.05, 0.1) is 13.2 Å². The fourth-order valence-electron chi connectivity index (χ4n) is 3.19. The van der Waals surface area contributed by atoms with E-state index in [9.17, 15) is 4.79 Å². The van der Waals surface area contributed by atoms with E-state index in [4.69, 9.17) is 14.2 Å². The van der Waals surface area contributed by atoms with Crippen LogP contribution in [0.1, 0.15) is 37.4 Å². The second kappa shape index (κ2) is 7.28. The van der Waals surface area contributed by atoms with Gasteiger partial charge in [-0.1, -0.05) is 18.2 Å². The van der Waals surface area contributed by atoms with Crippen molar-refractivity contribution in [3.63, 3.8) is 0 Å². The van der Waals surface area contributed by atoms with Crippen LogP contribution in [0.4, 0.5) is 0 Å². The van der Waals surface area contributed by atoms with Crippen molar-refractivity contribution in [2.45, 2.75) is 38.8 Å². The van der Waals surface area contributed by atoms with Crippen molar-refractivity contribution in [3.05, 3.63) is 53.6 Å². The van der Waals surface area contributed by atoms with Gasteiger partial charge in [-0.15, -0.1) is 0 Å². The summed E-state index contributed by atoms with van der Waals surface area (Å²) in [6.45, 7) is 5.96. The lowest BCUT2D eigenvalue weighted by atomic mass is 9.89. The Morgan fingerprint density at radius 2 is 2.04 bits per heavy atom. The Morgan fingerprint density at radius 3 is 2.77 bits per heavy atom. The van der Waals surface area contributed by atoms with Crippen molar-refractivity contribution in [2.75, 3.05) is 13.7 Å². The van der Waals surface area contributed by atoms with E-state index in [1.165, 1.54) is 0 Å². The fraction of sp³-hybridized carbons (Fsp3) is 0.381. The minimum Gasteiger partial charge on any atom is -0.497 e. The number of para-hydroxylation sites is 1. The summed E-state index contributed by atoms with van der Waals surface area (Å²) in [6.07, 6.45) is 0.670. The van der Waals surface area contributed by atoms with Crippen molar-refractivity contribution in [2.24, 2.45) is 0 Å². The smallest absolute Gasteiger partial charge is 0.258 e. The van der Waals surface area contributed by atoms with Gasteiger partial charge < -0.3 is 19.5 Å². The van der Waals surface area contributed by atoms with E-state index >= 15 is 0 Å². The highest BCUT2D eigenvalue weighted by Crippen LogP contribution is 2.41. The molecule has 0 saturated carbocycles. The van der Waals surface area contributed by atoms with Gasteiger partial charge in [0.2, 0.25) is 0 Å². The highest BCUT2D eigenvalue weighted by atomic mass is 16.5. The van der Waals surface area contributed by atoms with Crippen LogP contribution in [0.5, 0.6) is 17.2 Å². The molecule has 3 rings (SSSR count). The third-order valence-corrected chi connectivity index (χ3v) is 4.46. The molecule has 1 unspecified atom stereocenters. The number of methoxy groups -OCH3 is 1. The molecule has 5 nitrogen and oxygen atoms in total. The van der Waals surface area contributed by atoms with Gasteiger partial charge in [0.25, 0.3) is 5.91 Å². The molecule has 2 aromatic rings. The lowest BCUT2D eigenvalue weighted by Gasteiger charge is -2.38. The molecule has 26 heavy (non-hydrogen) atoms. The van der Waals surface area contributed by atoms with E-state index in [0.29, 0.717) is 6.42 Å². The molecular weight excluding hydrogens is 330 g/mol. The van der Waals surface area contributed by atoms with Gasteiger partial charge in [-0.25, -0.2) is 0 Å². The summed E-state index contributed by atoms with van der Waals surface area (Å²) in [4.78, 5) is 12.5. The van der Waals surface area contributed by atoms with E-state index < -0.39 is 0 Å². The van der Waals surface area contributed by atoms with Gasteiger partial charge >= 0.3 is 0 Å². The Morgan fingerprint density at radius 1 is 1.27 bits per heavy atom. The third-order valence-electron chi connectivity index (χ3n) is 4.46. The van der Waals surface area contributed by atoms with Crippen LogP contribution in [0.3, 0.4) is 0 Å². The van der Waals surface area contributed by atoms with Gasteiger partial charge in [0.15, 0.2) is 6.61 Å². The molecule has 0 radical (unpaired) electrons. The van der Waals surface area contributed by atoms with Gasteiger partial charge in [-0.2, -0.15) is 0 Å². The summed E-state index contributed by atoms with van der Waals surface area (Å²) in [7, 11) is 1.62. The zero-order chi connectivity index (χ0) is 18.7. The number of carbonyl (C=O) groups is 1. The summed E-state index contributed by atoms with van der Waals surface area (Å²) in [5.41, 5.74) is 1.56. The molecule has 1 aliphatic rings. The third kappa shape index (κ3) is 4.10. The second-order valence-electron chi connectivity index (χ2n) is 7.14. The first-order valence-corrected chi connectivity index (χ1v) is 8.73. The SMILES string of the molecule is COc1ccc2c(c1)C(NC(=O)COc1ccccc1C)CC(C)(C)O2. The summed E-state index contributed by atoms with van der Waals surface area (Å²) < 4.78 is 17.0. The van der Waals surface area contributed by atoms with E-state index in [2.05, 4.69) is 5.32 Å². The minimum atomic E-state index is -0.365. The van der Waals surface area contributed by atoms with Crippen LogP contribution in [0.15, 0.2) is 42.5 Å². The summed E-state index contributed by atoms with van der Waals surface area (Å²) in [5.74, 6) is 2.07. The molecule has 1 amide bonds. The number of ether oxygens (including phenoxy) is 3. The van der Waals surface area contributed by atoms with Gasteiger partial charge in [-0.3, -0.25) is 4.79 Å². The molecule has 0 fully saturated rings. The topological polar surface area (TPSA) is 56.8 Å². The van der Waals surface area contributed by atoms with Crippen LogP contribution in [0.25, 0.3) is 0 Å². The van der Waals surface area contributed by atoms with Crippen LogP contribution >= 0.6 is 0 Å². The number of rotatable bonds is 5. The maximum Gasteiger partial charge on any atom is 0.258 e. The average molecular weight is 355 g/mol. The number of nitrogens with one attached hydrogen (secondary N) is 1. The first-order chi connectivity index (χ1) is 12.4. The minimum absolute atomic E-state index is 0.0259. The maximum absolute atomic E-state index is 12.5. The number of benzene rings is 2. The molecule has 1 atom stereocenters. The number of amides is 1. The van der Waals surface area contributed by atoms with Crippen LogP contribution in [-0.4, -0.2) is 25.2 Å². The van der Waals surface area contributed by atoms with E-state index in [0.717, 1.165) is 28.4 Å². The molecule has 138 valence electrons. The largest absolute Gasteiger partial charge is 0.497 e. The predicted octanol–water partition coefficient (Wildman–Crippen LogP) is 3.80. The quantitative estimate of drug-likeness (QED) is 0.886. The first kappa shape index (κ1) is 18.1. The van der Waals surface area contributed by atoms with Crippen molar-refractivity contribution in [1.82, 2.24) is 5.32 Å². The van der Waals surface area contributed by atoms with E-state index in [1.54, 1.807) is 7.11 Å². The highest BCUT2D eigenvalue weighted by Gasteiger charge is 2.34. The molecule has 1 aliphatic heterocycles. The lowest BCUT2D eigenvalue weighted by Crippen LogP contribution is -2.42. The Labute approximate surface area is 154 Å². The molecule has 1 heterocycles. The highest BCUT2D eigenvalue weighted by molar-refractivity contribution is 5.78. The fourth-order valence-corrected chi connectivity index (χ4v) is 3.19. The summed E-state index contributed by atoms with van der Waals surface area (Å²) in [6, 6.07) is 13.2. The number of fused-ring (bicyclic) bond motifs is 1.